The van der Waals surface area contributed by atoms with Crippen LogP contribution in [0.5, 0.6) is 0 Å². The number of fused-ring (bicyclic) bond motifs is 1. The number of aliphatic hydroxyl groups excluding tert-OH is 1. The van der Waals surface area contributed by atoms with Crippen LogP contribution in [0.15, 0.2) is 11.1 Å². The van der Waals surface area contributed by atoms with Gasteiger partial charge in [-0.05, 0) is 0 Å². The highest BCUT2D eigenvalue weighted by atomic mass is 16.6. The van der Waals surface area contributed by atoms with Gasteiger partial charge >= 0.3 is 0 Å². The summed E-state index contributed by atoms with van der Waals surface area (Å²) in [4.78, 5) is 22.2. The van der Waals surface area contributed by atoms with Gasteiger partial charge in [-0.15, -0.1) is 0 Å². The van der Waals surface area contributed by atoms with Crippen LogP contribution in [-0.4, -0.2) is 63.8 Å². The molecule has 1 aliphatic heterocycles. The summed E-state index contributed by atoms with van der Waals surface area (Å²) in [5.74, 6) is -0.0385. The zero-order valence-corrected chi connectivity index (χ0v) is 12.1. The van der Waals surface area contributed by atoms with Crippen LogP contribution in [0.4, 0.5) is 5.95 Å². The van der Waals surface area contributed by atoms with Crippen molar-refractivity contribution in [1.82, 2.24) is 19.5 Å². The molecule has 0 amide bonds. The van der Waals surface area contributed by atoms with Gasteiger partial charge < -0.3 is 25.1 Å². The van der Waals surface area contributed by atoms with Crippen molar-refractivity contribution in [3.63, 3.8) is 0 Å². The summed E-state index contributed by atoms with van der Waals surface area (Å²) in [5, 5.41) is 10.4. The molecule has 3 heterocycles. The molecule has 0 aliphatic carbocycles. The Bertz CT molecular complexity index is 728. The number of aromatic amines is 1. The Labute approximate surface area is 124 Å². The van der Waals surface area contributed by atoms with Crippen LogP contribution < -0.4 is 11.3 Å². The third kappa shape index (κ3) is 2.25. The van der Waals surface area contributed by atoms with Crippen molar-refractivity contribution < 1.29 is 19.3 Å². The molecular formula is C12H17N5O5. The highest BCUT2D eigenvalue weighted by molar-refractivity contribution is 5.70. The third-order valence-electron chi connectivity index (χ3n) is 3.64. The number of aromatic nitrogens is 4. The van der Waals surface area contributed by atoms with Crippen LogP contribution in [0.1, 0.15) is 6.23 Å². The zero-order chi connectivity index (χ0) is 15.9. The molecule has 0 spiro atoms. The van der Waals surface area contributed by atoms with E-state index in [4.69, 9.17) is 19.9 Å². The Hall–Kier alpha value is -2.01. The lowest BCUT2D eigenvalue weighted by molar-refractivity contribution is -0.0612. The van der Waals surface area contributed by atoms with E-state index in [9.17, 15) is 9.90 Å². The molecule has 0 unspecified atom stereocenters. The standard InChI is InChI=1S/C12H17N5O5/c1-20-3-5-8(21-2)7(18)11(22-5)17-4-14-6-9(17)15-12(13)16-10(6)19/h4-5,7-8,11,18H,3H2,1-2H3,(H3,13,15,16,19)/t5-,7-,8-,11-/m1/s1. The Morgan fingerprint density at radius 2 is 2.32 bits per heavy atom. The minimum absolute atomic E-state index is 0.0385. The molecule has 0 saturated carbocycles. The van der Waals surface area contributed by atoms with Crippen molar-refractivity contribution in [2.24, 2.45) is 0 Å². The number of anilines is 1. The molecule has 2 aromatic heterocycles. The van der Waals surface area contributed by atoms with Crippen molar-refractivity contribution in [2.45, 2.75) is 24.5 Å². The average molecular weight is 311 g/mol. The topological polar surface area (TPSA) is 138 Å². The summed E-state index contributed by atoms with van der Waals surface area (Å²) in [5.41, 5.74) is 5.46. The largest absolute Gasteiger partial charge is 0.386 e. The molecule has 22 heavy (non-hydrogen) atoms. The summed E-state index contributed by atoms with van der Waals surface area (Å²) in [7, 11) is 3.01. The molecule has 4 N–H and O–H groups in total. The Morgan fingerprint density at radius 3 is 3.00 bits per heavy atom. The number of nitrogens with zero attached hydrogens (tertiary/aromatic N) is 3. The number of hydrogen-bond donors (Lipinski definition) is 3. The van der Waals surface area contributed by atoms with E-state index in [0.29, 0.717) is 0 Å². The second-order valence-electron chi connectivity index (χ2n) is 4.99. The summed E-state index contributed by atoms with van der Waals surface area (Å²) < 4.78 is 17.6. The molecule has 3 rings (SSSR count). The molecule has 10 nitrogen and oxygen atoms in total. The fourth-order valence-electron chi connectivity index (χ4n) is 2.67. The average Bonchev–Trinajstić information content (AvgIpc) is 3.01. The molecule has 0 bridgehead atoms. The quantitative estimate of drug-likeness (QED) is 0.628. The van der Waals surface area contributed by atoms with Crippen LogP contribution in [-0.2, 0) is 14.2 Å². The van der Waals surface area contributed by atoms with E-state index in [-0.39, 0.29) is 23.7 Å². The lowest BCUT2D eigenvalue weighted by atomic mass is 10.1. The summed E-state index contributed by atoms with van der Waals surface area (Å²) in [6, 6.07) is 0. The lowest BCUT2D eigenvalue weighted by Crippen LogP contribution is -2.35. The lowest BCUT2D eigenvalue weighted by Gasteiger charge is -2.18. The number of methoxy groups -OCH3 is 2. The van der Waals surface area contributed by atoms with Crippen LogP contribution in [0.2, 0.25) is 0 Å². The third-order valence-corrected chi connectivity index (χ3v) is 3.64. The van der Waals surface area contributed by atoms with Crippen LogP contribution in [0, 0.1) is 0 Å². The maximum absolute atomic E-state index is 11.8. The van der Waals surface area contributed by atoms with Crippen LogP contribution in [0.25, 0.3) is 11.2 Å². The van der Waals surface area contributed by atoms with E-state index in [1.807, 2.05) is 0 Å². The van der Waals surface area contributed by atoms with Gasteiger partial charge in [-0.3, -0.25) is 14.3 Å². The van der Waals surface area contributed by atoms with Crippen LogP contribution in [0.3, 0.4) is 0 Å². The first kappa shape index (κ1) is 14.9. The van der Waals surface area contributed by atoms with Gasteiger partial charge in [0.1, 0.15) is 18.3 Å². The molecule has 0 radical (unpaired) electrons. The normalized spacial score (nSPS) is 28.5. The van der Waals surface area contributed by atoms with E-state index in [0.717, 1.165) is 0 Å². The highest BCUT2D eigenvalue weighted by Gasteiger charge is 2.45. The van der Waals surface area contributed by atoms with Gasteiger partial charge in [-0.2, -0.15) is 4.98 Å². The maximum atomic E-state index is 11.8. The molecule has 1 saturated heterocycles. The molecule has 10 heteroatoms. The van der Waals surface area contributed by atoms with Gasteiger partial charge in [-0.25, -0.2) is 4.98 Å². The number of nitrogens with two attached hydrogens (primary N) is 1. The molecule has 0 aromatic carbocycles. The number of nitrogens with one attached hydrogen (secondary N) is 1. The second-order valence-corrected chi connectivity index (χ2v) is 4.99. The van der Waals surface area contributed by atoms with Crippen molar-refractivity contribution in [1.29, 1.82) is 0 Å². The Balaban J connectivity index is 2.02. The first-order valence-corrected chi connectivity index (χ1v) is 6.64. The number of H-pyrrole nitrogens is 1. The molecule has 1 aliphatic rings. The molecule has 2 aromatic rings. The Kier molecular flexibility index (Phi) is 3.83. The zero-order valence-electron chi connectivity index (χ0n) is 12.1. The maximum Gasteiger partial charge on any atom is 0.280 e. The van der Waals surface area contributed by atoms with E-state index in [2.05, 4.69) is 15.0 Å². The monoisotopic (exact) mass is 311 g/mol. The van der Waals surface area contributed by atoms with Gasteiger partial charge in [0.25, 0.3) is 5.56 Å². The van der Waals surface area contributed by atoms with Gasteiger partial charge in [0.15, 0.2) is 17.4 Å². The molecule has 120 valence electrons. The predicted octanol–water partition coefficient (Wildman–Crippen LogP) is -1.38. The van der Waals surface area contributed by atoms with Crippen molar-refractivity contribution in [3.05, 3.63) is 16.7 Å². The molecule has 4 atom stereocenters. The minimum atomic E-state index is -0.968. The van der Waals surface area contributed by atoms with Crippen molar-refractivity contribution in [2.75, 3.05) is 26.6 Å². The SMILES string of the molecule is COC[C@H]1O[C@@H](n2cnc3c(=O)[nH]c(N)nc32)[C@H](O)[C@@H]1OC. The van der Waals surface area contributed by atoms with Gasteiger partial charge in [0.2, 0.25) is 5.95 Å². The fourth-order valence-corrected chi connectivity index (χ4v) is 2.67. The molecule has 1 fully saturated rings. The van der Waals surface area contributed by atoms with E-state index >= 15 is 0 Å². The summed E-state index contributed by atoms with van der Waals surface area (Å²) in [6.07, 6.45) is -1.41. The van der Waals surface area contributed by atoms with Gasteiger partial charge in [0, 0.05) is 14.2 Å². The molecular weight excluding hydrogens is 294 g/mol. The van der Waals surface area contributed by atoms with E-state index < -0.39 is 30.1 Å². The first-order chi connectivity index (χ1) is 10.6. The number of imidazole rings is 1. The van der Waals surface area contributed by atoms with Crippen molar-refractivity contribution >= 4 is 17.1 Å². The van der Waals surface area contributed by atoms with Crippen LogP contribution >= 0.6 is 0 Å². The van der Waals surface area contributed by atoms with Gasteiger partial charge in [-0.1, -0.05) is 0 Å². The smallest absolute Gasteiger partial charge is 0.280 e. The summed E-state index contributed by atoms with van der Waals surface area (Å²) >= 11 is 0. The number of nitrogen functional groups attached to an aromatic ring is 1. The van der Waals surface area contributed by atoms with E-state index in [1.54, 1.807) is 0 Å². The van der Waals surface area contributed by atoms with E-state index in [1.165, 1.54) is 25.1 Å². The Morgan fingerprint density at radius 1 is 1.55 bits per heavy atom. The number of ether oxygens (including phenoxy) is 3. The number of hydrogen-bond acceptors (Lipinski definition) is 8. The number of aliphatic hydroxyl groups is 1. The second kappa shape index (κ2) is 5.65. The number of rotatable bonds is 4. The summed E-state index contributed by atoms with van der Waals surface area (Å²) in [6.45, 7) is 0.259. The van der Waals surface area contributed by atoms with Gasteiger partial charge in [0.05, 0.1) is 12.9 Å². The fraction of sp³-hybridized carbons (Fsp3) is 0.583. The highest BCUT2D eigenvalue weighted by Crippen LogP contribution is 2.32. The minimum Gasteiger partial charge on any atom is -0.386 e. The van der Waals surface area contributed by atoms with Crippen molar-refractivity contribution in [3.8, 4) is 0 Å². The first-order valence-electron chi connectivity index (χ1n) is 6.64. The predicted molar refractivity (Wildman–Crippen MR) is 75.2 cm³/mol.